The van der Waals surface area contributed by atoms with Crippen LogP contribution in [0.15, 0.2) is 42.5 Å². The SMILES string of the molecule is COc1cccc2c(C(=O)NCc3nc4ccccc4[nH]3)nn(CCN3CCOCC3)c12. The number of aromatic nitrogens is 4. The van der Waals surface area contributed by atoms with E-state index in [0.717, 1.165) is 54.8 Å². The molecule has 0 atom stereocenters. The second kappa shape index (κ2) is 8.97. The number of aromatic amines is 1. The molecule has 0 saturated carbocycles. The molecule has 1 fully saturated rings. The van der Waals surface area contributed by atoms with Crippen molar-refractivity contribution in [2.45, 2.75) is 13.1 Å². The summed E-state index contributed by atoms with van der Waals surface area (Å²) in [5, 5.41) is 8.39. The van der Waals surface area contributed by atoms with Crippen molar-refractivity contribution in [3.63, 3.8) is 0 Å². The van der Waals surface area contributed by atoms with E-state index in [1.807, 2.05) is 47.1 Å². The highest BCUT2D eigenvalue weighted by Gasteiger charge is 2.21. The standard InChI is InChI=1S/C23H26N6O3/c1-31-19-8-4-5-16-21(27-29(22(16)19)10-9-28-11-13-32-14-12-28)23(30)24-15-20-25-17-6-2-3-7-18(17)26-20/h2-8H,9-15H2,1H3,(H,24,30)(H,25,26). The number of rotatable bonds is 7. The number of H-pyrrole nitrogens is 1. The van der Waals surface area contributed by atoms with Gasteiger partial charge in [-0.05, 0) is 18.2 Å². The fraction of sp³-hybridized carbons (Fsp3) is 0.348. The van der Waals surface area contributed by atoms with E-state index in [0.29, 0.717) is 30.4 Å². The molecule has 0 bridgehead atoms. The lowest BCUT2D eigenvalue weighted by Crippen LogP contribution is -2.38. The van der Waals surface area contributed by atoms with Gasteiger partial charge in [0.1, 0.15) is 17.1 Å². The number of ether oxygens (including phenoxy) is 2. The highest BCUT2D eigenvalue weighted by Crippen LogP contribution is 2.28. The average Bonchev–Trinajstić information content (AvgIpc) is 3.43. The number of methoxy groups -OCH3 is 1. The van der Waals surface area contributed by atoms with Crippen LogP contribution in [0.3, 0.4) is 0 Å². The maximum absolute atomic E-state index is 13.1. The minimum atomic E-state index is -0.242. The lowest BCUT2D eigenvalue weighted by molar-refractivity contribution is 0.0361. The molecule has 0 aliphatic carbocycles. The molecule has 1 aliphatic rings. The molecule has 2 aromatic heterocycles. The summed E-state index contributed by atoms with van der Waals surface area (Å²) < 4.78 is 12.9. The summed E-state index contributed by atoms with van der Waals surface area (Å²) in [7, 11) is 1.63. The summed E-state index contributed by atoms with van der Waals surface area (Å²) in [6.45, 7) is 5.09. The largest absolute Gasteiger partial charge is 0.494 e. The Kier molecular flexibility index (Phi) is 5.74. The lowest BCUT2D eigenvalue weighted by atomic mass is 10.2. The minimum Gasteiger partial charge on any atom is -0.494 e. The van der Waals surface area contributed by atoms with Crippen LogP contribution in [0.5, 0.6) is 5.75 Å². The Bertz CT molecular complexity index is 1210. The molecule has 1 amide bonds. The quantitative estimate of drug-likeness (QED) is 0.463. The van der Waals surface area contributed by atoms with Gasteiger partial charge in [-0.25, -0.2) is 4.98 Å². The fourth-order valence-electron chi connectivity index (χ4n) is 4.10. The minimum absolute atomic E-state index is 0.242. The Hall–Kier alpha value is -3.43. The van der Waals surface area contributed by atoms with Crippen molar-refractivity contribution in [2.24, 2.45) is 0 Å². The highest BCUT2D eigenvalue weighted by atomic mass is 16.5. The fourth-order valence-corrected chi connectivity index (χ4v) is 4.10. The number of hydrogen-bond acceptors (Lipinski definition) is 6. The Labute approximate surface area is 185 Å². The van der Waals surface area contributed by atoms with Gasteiger partial charge in [-0.2, -0.15) is 5.10 Å². The van der Waals surface area contributed by atoms with Crippen LogP contribution in [0.25, 0.3) is 21.9 Å². The summed E-state index contributed by atoms with van der Waals surface area (Å²) in [4.78, 5) is 23.2. The Morgan fingerprint density at radius 2 is 2.00 bits per heavy atom. The number of carbonyl (C=O) groups is 1. The van der Waals surface area contributed by atoms with E-state index >= 15 is 0 Å². The second-order valence-corrected chi connectivity index (χ2v) is 7.77. The van der Waals surface area contributed by atoms with Crippen molar-refractivity contribution in [1.29, 1.82) is 0 Å². The Morgan fingerprint density at radius 3 is 2.81 bits per heavy atom. The van der Waals surface area contributed by atoms with Crippen molar-refractivity contribution < 1.29 is 14.3 Å². The topological polar surface area (TPSA) is 97.3 Å². The maximum atomic E-state index is 13.1. The molecule has 5 rings (SSSR count). The molecule has 3 heterocycles. The highest BCUT2D eigenvalue weighted by molar-refractivity contribution is 6.06. The predicted octanol–water partition coefficient (Wildman–Crippen LogP) is 2.18. The van der Waals surface area contributed by atoms with Crippen molar-refractivity contribution in [3.8, 4) is 5.75 Å². The maximum Gasteiger partial charge on any atom is 0.272 e. The number of nitrogens with one attached hydrogen (secondary N) is 2. The summed E-state index contributed by atoms with van der Waals surface area (Å²) in [6, 6.07) is 13.5. The monoisotopic (exact) mass is 434 g/mol. The van der Waals surface area contributed by atoms with Gasteiger partial charge < -0.3 is 19.8 Å². The molecule has 4 aromatic rings. The third-order valence-corrected chi connectivity index (χ3v) is 5.75. The number of carbonyl (C=O) groups excluding carboxylic acids is 1. The van der Waals surface area contributed by atoms with Crippen LogP contribution < -0.4 is 10.1 Å². The van der Waals surface area contributed by atoms with Crippen molar-refractivity contribution in [1.82, 2.24) is 30.0 Å². The molecule has 2 aromatic carbocycles. The number of imidazole rings is 1. The molecule has 9 nitrogen and oxygen atoms in total. The molecule has 0 spiro atoms. The van der Waals surface area contributed by atoms with Gasteiger partial charge in [0.2, 0.25) is 0 Å². The van der Waals surface area contributed by atoms with E-state index in [1.54, 1.807) is 7.11 Å². The number of fused-ring (bicyclic) bond motifs is 2. The molecule has 9 heteroatoms. The molecule has 1 aliphatic heterocycles. The first-order valence-electron chi connectivity index (χ1n) is 10.8. The zero-order valence-corrected chi connectivity index (χ0v) is 18.0. The summed E-state index contributed by atoms with van der Waals surface area (Å²) in [6.07, 6.45) is 0. The average molecular weight is 435 g/mol. The van der Waals surface area contributed by atoms with Crippen LogP contribution in [0.2, 0.25) is 0 Å². The van der Waals surface area contributed by atoms with Gasteiger partial charge in [0.25, 0.3) is 5.91 Å². The van der Waals surface area contributed by atoms with E-state index in [-0.39, 0.29) is 5.91 Å². The van der Waals surface area contributed by atoms with Gasteiger partial charge in [0.05, 0.1) is 44.4 Å². The number of nitrogens with zero attached hydrogens (tertiary/aromatic N) is 4. The molecule has 2 N–H and O–H groups in total. The van der Waals surface area contributed by atoms with Crippen LogP contribution >= 0.6 is 0 Å². The molecular weight excluding hydrogens is 408 g/mol. The van der Waals surface area contributed by atoms with Crippen LogP contribution in [0.1, 0.15) is 16.3 Å². The van der Waals surface area contributed by atoms with E-state index in [2.05, 4.69) is 25.3 Å². The van der Waals surface area contributed by atoms with E-state index in [4.69, 9.17) is 9.47 Å². The first-order valence-corrected chi connectivity index (χ1v) is 10.8. The van der Waals surface area contributed by atoms with Crippen LogP contribution in [-0.2, 0) is 17.8 Å². The van der Waals surface area contributed by atoms with Gasteiger partial charge in [-0.1, -0.05) is 24.3 Å². The molecule has 1 saturated heterocycles. The van der Waals surface area contributed by atoms with Crippen molar-refractivity contribution in [2.75, 3.05) is 40.0 Å². The molecule has 0 unspecified atom stereocenters. The van der Waals surface area contributed by atoms with Crippen LogP contribution in [-0.4, -0.2) is 70.5 Å². The van der Waals surface area contributed by atoms with Gasteiger partial charge in [0.15, 0.2) is 5.69 Å². The summed E-state index contributed by atoms with van der Waals surface area (Å²) in [5.74, 6) is 1.16. The smallest absolute Gasteiger partial charge is 0.272 e. The van der Waals surface area contributed by atoms with E-state index < -0.39 is 0 Å². The summed E-state index contributed by atoms with van der Waals surface area (Å²) in [5.41, 5.74) is 3.03. The molecule has 166 valence electrons. The van der Waals surface area contributed by atoms with Gasteiger partial charge in [0, 0.05) is 25.0 Å². The van der Waals surface area contributed by atoms with E-state index in [1.165, 1.54) is 0 Å². The molecule has 32 heavy (non-hydrogen) atoms. The Balaban J connectivity index is 1.37. The first-order chi connectivity index (χ1) is 15.7. The second-order valence-electron chi connectivity index (χ2n) is 7.77. The number of benzene rings is 2. The van der Waals surface area contributed by atoms with Crippen molar-refractivity contribution in [3.05, 3.63) is 54.0 Å². The van der Waals surface area contributed by atoms with E-state index in [9.17, 15) is 4.79 Å². The van der Waals surface area contributed by atoms with Gasteiger partial charge in [-0.15, -0.1) is 0 Å². The number of hydrogen-bond donors (Lipinski definition) is 2. The van der Waals surface area contributed by atoms with Crippen LogP contribution in [0, 0.1) is 0 Å². The van der Waals surface area contributed by atoms with Crippen LogP contribution in [0.4, 0.5) is 0 Å². The Morgan fingerprint density at radius 1 is 1.16 bits per heavy atom. The van der Waals surface area contributed by atoms with Crippen molar-refractivity contribution >= 4 is 27.8 Å². The molecular formula is C23H26N6O3. The van der Waals surface area contributed by atoms with Gasteiger partial charge in [-0.3, -0.25) is 14.4 Å². The zero-order valence-electron chi connectivity index (χ0n) is 18.0. The third kappa shape index (κ3) is 4.04. The number of amides is 1. The normalized spacial score (nSPS) is 14.8. The number of morpholine rings is 1. The predicted molar refractivity (Wildman–Crippen MR) is 121 cm³/mol. The zero-order chi connectivity index (χ0) is 21.9. The van der Waals surface area contributed by atoms with Gasteiger partial charge >= 0.3 is 0 Å². The lowest BCUT2D eigenvalue weighted by Gasteiger charge is -2.26. The molecule has 0 radical (unpaired) electrons. The first kappa shape index (κ1) is 20.5. The number of para-hydroxylation sites is 3. The third-order valence-electron chi connectivity index (χ3n) is 5.75. The summed E-state index contributed by atoms with van der Waals surface area (Å²) >= 11 is 0.